The molecule has 3 nitrogen and oxygen atoms in total. The second-order valence-corrected chi connectivity index (χ2v) is 9.07. The summed E-state index contributed by atoms with van der Waals surface area (Å²) in [5, 5.41) is 9.64. The Morgan fingerprint density at radius 2 is 2.00 bits per heavy atom. The Morgan fingerprint density at radius 1 is 1.24 bits per heavy atom. The standard InChI is InChI=1S/C22H32O3/c1-15-6-7-17-13-18-16(14-23)12-19(24)20(18)25-22(17,4)10-5-9-21(2,3)11-8-15/h5,8-9,16-17,23H,6-7,10-14H2,1-4H3/b9-5+,15-8+/t16-,17+,22-/m0/s1. The first-order chi connectivity index (χ1) is 11.7. The van der Waals surface area contributed by atoms with Crippen molar-refractivity contribution < 1.29 is 14.6 Å². The highest BCUT2D eigenvalue weighted by Gasteiger charge is 2.47. The molecule has 3 rings (SSSR count). The molecule has 0 saturated heterocycles. The van der Waals surface area contributed by atoms with Crippen LogP contribution in [0.15, 0.2) is 35.1 Å². The summed E-state index contributed by atoms with van der Waals surface area (Å²) in [7, 11) is 0. The van der Waals surface area contributed by atoms with Gasteiger partial charge < -0.3 is 9.84 Å². The molecule has 25 heavy (non-hydrogen) atoms. The van der Waals surface area contributed by atoms with Crippen LogP contribution in [0, 0.1) is 17.3 Å². The van der Waals surface area contributed by atoms with Crippen LogP contribution in [0.3, 0.4) is 0 Å². The average molecular weight is 344 g/mol. The number of fused-ring (bicyclic) bond motifs is 1. The molecule has 0 aromatic rings. The lowest BCUT2D eigenvalue weighted by atomic mass is 9.75. The summed E-state index contributed by atoms with van der Waals surface area (Å²) in [6.07, 6.45) is 12.2. The maximum atomic E-state index is 12.4. The lowest BCUT2D eigenvalue weighted by Gasteiger charge is -2.42. The van der Waals surface area contributed by atoms with Crippen molar-refractivity contribution in [3.63, 3.8) is 0 Å². The SMILES string of the molecule is C/C1=C\CC(C)(C)/C=C/C[C@]2(C)OC3=C(C[C@H]2CC1)[C@H](CO)CC3=O. The number of Topliss-reactive ketones (excluding diaryl/α,β-unsaturated/α-hetero) is 1. The van der Waals surface area contributed by atoms with E-state index in [4.69, 9.17) is 4.74 Å². The largest absolute Gasteiger partial charge is 0.483 e. The Kier molecular flexibility index (Phi) is 4.98. The molecule has 1 N–H and O–H groups in total. The molecule has 0 saturated carbocycles. The average Bonchev–Trinajstić information content (AvgIpc) is 2.84. The highest BCUT2D eigenvalue weighted by atomic mass is 16.5. The molecular weight excluding hydrogens is 312 g/mol. The highest BCUT2D eigenvalue weighted by molar-refractivity contribution is 5.97. The van der Waals surface area contributed by atoms with Gasteiger partial charge in [0, 0.05) is 24.7 Å². The zero-order chi connectivity index (χ0) is 18.2. The summed E-state index contributed by atoms with van der Waals surface area (Å²) in [5.74, 6) is 0.979. The fraction of sp³-hybridized carbons (Fsp3) is 0.682. The monoisotopic (exact) mass is 344 g/mol. The normalized spacial score (nSPS) is 38.8. The second kappa shape index (κ2) is 6.75. The van der Waals surface area contributed by atoms with Crippen molar-refractivity contribution in [3.8, 4) is 0 Å². The topological polar surface area (TPSA) is 46.5 Å². The molecule has 0 radical (unpaired) electrons. The van der Waals surface area contributed by atoms with Crippen LogP contribution in [-0.2, 0) is 9.53 Å². The number of aliphatic hydroxyl groups is 1. The molecule has 3 aliphatic rings. The summed E-state index contributed by atoms with van der Waals surface area (Å²) in [4.78, 5) is 12.4. The maximum absolute atomic E-state index is 12.4. The summed E-state index contributed by atoms with van der Waals surface area (Å²) < 4.78 is 6.37. The van der Waals surface area contributed by atoms with Crippen molar-refractivity contribution in [2.24, 2.45) is 17.3 Å². The van der Waals surface area contributed by atoms with Gasteiger partial charge in [-0.1, -0.05) is 37.6 Å². The van der Waals surface area contributed by atoms with E-state index < -0.39 is 0 Å². The van der Waals surface area contributed by atoms with Gasteiger partial charge in [0.25, 0.3) is 0 Å². The molecule has 2 aliphatic carbocycles. The number of hydrogen-bond donors (Lipinski definition) is 1. The van der Waals surface area contributed by atoms with Crippen LogP contribution in [0.2, 0.25) is 0 Å². The smallest absolute Gasteiger partial charge is 0.198 e. The molecule has 1 heterocycles. The van der Waals surface area contributed by atoms with Crippen molar-refractivity contribution in [2.75, 3.05) is 6.61 Å². The van der Waals surface area contributed by atoms with Crippen LogP contribution in [0.1, 0.15) is 66.2 Å². The highest BCUT2D eigenvalue weighted by Crippen LogP contribution is 2.48. The summed E-state index contributed by atoms with van der Waals surface area (Å²) >= 11 is 0. The summed E-state index contributed by atoms with van der Waals surface area (Å²) in [6, 6.07) is 0. The lowest BCUT2D eigenvalue weighted by Crippen LogP contribution is -2.41. The molecule has 0 spiro atoms. The quantitative estimate of drug-likeness (QED) is 0.700. The Labute approximate surface area is 151 Å². The van der Waals surface area contributed by atoms with E-state index in [9.17, 15) is 9.90 Å². The molecule has 0 fully saturated rings. The number of aliphatic hydroxyl groups excluding tert-OH is 1. The van der Waals surface area contributed by atoms with Crippen molar-refractivity contribution in [1.82, 2.24) is 0 Å². The molecule has 0 aromatic heterocycles. The Bertz CT molecular complexity index is 638. The van der Waals surface area contributed by atoms with Crippen molar-refractivity contribution in [2.45, 2.75) is 71.8 Å². The number of carbonyl (C=O) groups excluding carboxylic acids is 1. The van der Waals surface area contributed by atoms with Crippen LogP contribution in [0.4, 0.5) is 0 Å². The number of carbonyl (C=O) groups is 1. The minimum Gasteiger partial charge on any atom is -0.483 e. The number of rotatable bonds is 1. The van der Waals surface area contributed by atoms with Gasteiger partial charge in [-0.25, -0.2) is 0 Å². The van der Waals surface area contributed by atoms with Gasteiger partial charge in [-0.2, -0.15) is 0 Å². The third-order valence-corrected chi connectivity index (χ3v) is 6.31. The van der Waals surface area contributed by atoms with Crippen LogP contribution >= 0.6 is 0 Å². The summed E-state index contributed by atoms with van der Waals surface area (Å²) in [5.41, 5.74) is 2.31. The molecular formula is C22H32O3. The molecule has 0 aromatic carbocycles. The van der Waals surface area contributed by atoms with Crippen LogP contribution in [-0.4, -0.2) is 23.1 Å². The van der Waals surface area contributed by atoms with E-state index in [2.05, 4.69) is 45.9 Å². The van der Waals surface area contributed by atoms with E-state index in [0.29, 0.717) is 18.1 Å². The van der Waals surface area contributed by atoms with E-state index in [0.717, 1.165) is 37.7 Å². The van der Waals surface area contributed by atoms with E-state index >= 15 is 0 Å². The minimum atomic E-state index is -0.337. The first-order valence-electron chi connectivity index (χ1n) is 9.63. The first-order valence-corrected chi connectivity index (χ1v) is 9.63. The van der Waals surface area contributed by atoms with Gasteiger partial charge in [0.2, 0.25) is 0 Å². The number of allylic oxidation sites excluding steroid dienone is 4. The van der Waals surface area contributed by atoms with Crippen LogP contribution in [0.5, 0.6) is 0 Å². The molecule has 3 atom stereocenters. The van der Waals surface area contributed by atoms with E-state index in [1.807, 2.05) is 0 Å². The van der Waals surface area contributed by atoms with Gasteiger partial charge in [-0.15, -0.1) is 0 Å². The van der Waals surface area contributed by atoms with Crippen molar-refractivity contribution >= 4 is 5.78 Å². The molecule has 0 amide bonds. The van der Waals surface area contributed by atoms with Crippen molar-refractivity contribution in [3.05, 3.63) is 35.1 Å². The summed E-state index contributed by atoms with van der Waals surface area (Å²) in [6.45, 7) is 8.96. The van der Waals surface area contributed by atoms with Gasteiger partial charge in [0.05, 0.1) is 6.61 Å². The van der Waals surface area contributed by atoms with Crippen LogP contribution in [0.25, 0.3) is 0 Å². The maximum Gasteiger partial charge on any atom is 0.198 e. The number of ether oxygens (including phenoxy) is 1. The van der Waals surface area contributed by atoms with E-state index in [1.165, 1.54) is 5.57 Å². The molecule has 0 unspecified atom stereocenters. The van der Waals surface area contributed by atoms with Crippen molar-refractivity contribution in [1.29, 1.82) is 0 Å². The Balaban J connectivity index is 1.92. The molecule has 138 valence electrons. The van der Waals surface area contributed by atoms with Gasteiger partial charge in [-0.05, 0) is 50.5 Å². The third kappa shape index (κ3) is 3.76. The number of hydrogen-bond acceptors (Lipinski definition) is 3. The van der Waals surface area contributed by atoms with Gasteiger partial charge in [0.1, 0.15) is 5.60 Å². The van der Waals surface area contributed by atoms with Gasteiger partial charge in [-0.3, -0.25) is 4.79 Å². The van der Waals surface area contributed by atoms with E-state index in [1.54, 1.807) is 0 Å². The van der Waals surface area contributed by atoms with Gasteiger partial charge in [0.15, 0.2) is 11.5 Å². The van der Waals surface area contributed by atoms with E-state index in [-0.39, 0.29) is 29.3 Å². The molecule has 3 heteroatoms. The second-order valence-electron chi connectivity index (χ2n) is 9.07. The third-order valence-electron chi connectivity index (χ3n) is 6.31. The number of ketones is 1. The lowest BCUT2D eigenvalue weighted by molar-refractivity contribution is -0.124. The Morgan fingerprint density at radius 3 is 2.72 bits per heavy atom. The molecule has 0 bridgehead atoms. The first kappa shape index (κ1) is 18.4. The fourth-order valence-corrected chi connectivity index (χ4v) is 4.40. The fourth-order valence-electron chi connectivity index (χ4n) is 4.40. The van der Waals surface area contributed by atoms with Crippen LogP contribution < -0.4 is 0 Å². The zero-order valence-corrected chi connectivity index (χ0v) is 16.1. The minimum absolute atomic E-state index is 0.0312. The Hall–Kier alpha value is -1.35. The zero-order valence-electron chi connectivity index (χ0n) is 16.1. The molecule has 1 aliphatic heterocycles. The van der Waals surface area contributed by atoms with Gasteiger partial charge >= 0.3 is 0 Å². The predicted molar refractivity (Wildman–Crippen MR) is 100.0 cm³/mol. The predicted octanol–water partition coefficient (Wildman–Crippen LogP) is 4.72.